The predicted molar refractivity (Wildman–Crippen MR) is 86.1 cm³/mol. The van der Waals surface area contributed by atoms with Gasteiger partial charge in [-0.1, -0.05) is 44.9 Å². The van der Waals surface area contributed by atoms with E-state index in [0.29, 0.717) is 22.9 Å². The molecule has 1 nitrogen and oxygen atoms in total. The van der Waals surface area contributed by atoms with Gasteiger partial charge in [-0.2, -0.15) is 0 Å². The first-order chi connectivity index (χ1) is 9.70. The Bertz CT molecular complexity index is 494. The van der Waals surface area contributed by atoms with E-state index < -0.39 is 5.60 Å². The van der Waals surface area contributed by atoms with Gasteiger partial charge in [0.2, 0.25) is 0 Å². The van der Waals surface area contributed by atoms with Gasteiger partial charge < -0.3 is 5.11 Å². The fraction of sp³-hybridized carbons (Fsp3) is 0.667. The van der Waals surface area contributed by atoms with E-state index in [4.69, 9.17) is 11.6 Å². The number of halogens is 2. The van der Waals surface area contributed by atoms with E-state index >= 15 is 0 Å². The second-order valence-electron chi connectivity index (χ2n) is 7.63. The molecule has 0 radical (unpaired) electrons. The van der Waals surface area contributed by atoms with Gasteiger partial charge >= 0.3 is 0 Å². The van der Waals surface area contributed by atoms with Crippen LogP contribution in [-0.2, 0) is 6.42 Å². The van der Waals surface area contributed by atoms with Gasteiger partial charge in [-0.3, -0.25) is 0 Å². The predicted octanol–water partition coefficient (Wildman–Crippen LogP) is 5.38. The molecule has 1 aliphatic carbocycles. The molecule has 1 aliphatic rings. The van der Waals surface area contributed by atoms with Crippen LogP contribution in [0.4, 0.5) is 4.39 Å². The third kappa shape index (κ3) is 4.43. The zero-order valence-corrected chi connectivity index (χ0v) is 14.0. The Morgan fingerprint density at radius 1 is 1.29 bits per heavy atom. The molecule has 1 saturated carbocycles. The molecule has 0 bridgehead atoms. The van der Waals surface area contributed by atoms with Crippen molar-refractivity contribution in [1.29, 1.82) is 0 Å². The summed E-state index contributed by atoms with van der Waals surface area (Å²) in [6.07, 6.45) is 5.04. The van der Waals surface area contributed by atoms with Gasteiger partial charge in [0.1, 0.15) is 5.82 Å². The highest BCUT2D eigenvalue weighted by Gasteiger charge is 2.35. The Kier molecular flexibility index (Phi) is 4.99. The quantitative estimate of drug-likeness (QED) is 0.727. The minimum Gasteiger partial charge on any atom is -0.390 e. The lowest BCUT2D eigenvalue weighted by molar-refractivity contribution is 0.0218. The smallest absolute Gasteiger partial charge is 0.127 e. The summed E-state index contributed by atoms with van der Waals surface area (Å²) in [5.74, 6) is 0.314. The normalized spacial score (nSPS) is 27.4. The van der Waals surface area contributed by atoms with Gasteiger partial charge in [0, 0.05) is 11.4 Å². The highest BCUT2D eigenvalue weighted by Crippen LogP contribution is 2.40. The lowest BCUT2D eigenvalue weighted by Gasteiger charge is -2.31. The molecular weight excluding hydrogens is 287 g/mol. The van der Waals surface area contributed by atoms with E-state index in [1.165, 1.54) is 6.07 Å². The number of benzene rings is 1. The summed E-state index contributed by atoms with van der Waals surface area (Å²) in [6, 6.07) is 4.72. The highest BCUT2D eigenvalue weighted by atomic mass is 35.5. The van der Waals surface area contributed by atoms with E-state index in [1.807, 2.05) is 0 Å². The van der Waals surface area contributed by atoms with Crippen molar-refractivity contribution in [1.82, 2.24) is 0 Å². The van der Waals surface area contributed by atoms with Gasteiger partial charge in [-0.25, -0.2) is 4.39 Å². The van der Waals surface area contributed by atoms with Crippen molar-refractivity contribution < 1.29 is 9.50 Å². The molecule has 0 heterocycles. The first-order valence-electron chi connectivity index (χ1n) is 7.86. The molecule has 0 spiro atoms. The minimum atomic E-state index is -0.783. The Labute approximate surface area is 132 Å². The summed E-state index contributed by atoms with van der Waals surface area (Å²) in [7, 11) is 0. The average Bonchev–Trinajstić information content (AvgIpc) is 2.55. The van der Waals surface area contributed by atoms with E-state index in [2.05, 4.69) is 20.8 Å². The summed E-state index contributed by atoms with van der Waals surface area (Å²) < 4.78 is 13.9. The van der Waals surface area contributed by atoms with Crippen molar-refractivity contribution in [3.8, 4) is 0 Å². The van der Waals surface area contributed by atoms with Gasteiger partial charge in [0.25, 0.3) is 0 Å². The van der Waals surface area contributed by atoms with Crippen LogP contribution in [0.5, 0.6) is 0 Å². The highest BCUT2D eigenvalue weighted by molar-refractivity contribution is 6.30. The van der Waals surface area contributed by atoms with Crippen LogP contribution in [0, 0.1) is 17.2 Å². The monoisotopic (exact) mass is 312 g/mol. The fourth-order valence-electron chi connectivity index (χ4n) is 3.45. The van der Waals surface area contributed by atoms with Crippen LogP contribution in [-0.4, -0.2) is 10.7 Å². The van der Waals surface area contributed by atoms with Crippen molar-refractivity contribution in [3.05, 3.63) is 34.6 Å². The molecule has 0 amide bonds. The third-order valence-corrected chi connectivity index (χ3v) is 5.15. The standard InChI is InChI=1S/C18H26ClFO/c1-17(2,3)14-5-4-9-18(21,10-8-14)12-13-6-7-15(19)11-16(13)20/h6-7,11,14,21H,4-5,8-10,12H2,1-3H3. The molecule has 1 fully saturated rings. The zero-order valence-electron chi connectivity index (χ0n) is 13.3. The number of hydrogen-bond acceptors (Lipinski definition) is 1. The molecule has 0 aliphatic heterocycles. The van der Waals surface area contributed by atoms with Gasteiger partial charge in [0.05, 0.1) is 5.60 Å². The number of hydrogen-bond donors (Lipinski definition) is 1. The molecule has 3 heteroatoms. The van der Waals surface area contributed by atoms with Crippen molar-refractivity contribution >= 4 is 11.6 Å². The van der Waals surface area contributed by atoms with E-state index in [-0.39, 0.29) is 11.2 Å². The number of aliphatic hydroxyl groups is 1. The Morgan fingerprint density at radius 3 is 2.62 bits per heavy atom. The molecular formula is C18H26ClFO. The fourth-order valence-corrected chi connectivity index (χ4v) is 3.61. The maximum atomic E-state index is 13.9. The summed E-state index contributed by atoms with van der Waals surface area (Å²) >= 11 is 5.79. The Hall–Kier alpha value is -0.600. The minimum absolute atomic E-state index is 0.275. The summed E-state index contributed by atoms with van der Waals surface area (Å²) in [5, 5.41) is 11.3. The Morgan fingerprint density at radius 2 is 2.00 bits per heavy atom. The first-order valence-corrected chi connectivity index (χ1v) is 8.24. The second-order valence-corrected chi connectivity index (χ2v) is 8.07. The van der Waals surface area contributed by atoms with Gasteiger partial charge in [-0.05, 0) is 54.7 Å². The Balaban J connectivity index is 2.08. The SMILES string of the molecule is CC(C)(C)C1CCCC(O)(Cc2ccc(Cl)cc2F)CC1. The van der Waals surface area contributed by atoms with Crippen molar-refractivity contribution in [2.75, 3.05) is 0 Å². The van der Waals surface area contributed by atoms with E-state index in [9.17, 15) is 9.50 Å². The topological polar surface area (TPSA) is 20.2 Å². The first kappa shape index (κ1) is 16.8. The molecule has 2 rings (SSSR count). The lowest BCUT2D eigenvalue weighted by atomic mass is 9.76. The van der Waals surface area contributed by atoms with Crippen LogP contribution < -0.4 is 0 Å². The van der Waals surface area contributed by atoms with E-state index in [0.717, 1.165) is 32.1 Å². The van der Waals surface area contributed by atoms with Crippen LogP contribution >= 0.6 is 11.6 Å². The molecule has 1 N–H and O–H groups in total. The third-order valence-electron chi connectivity index (χ3n) is 4.91. The summed E-state index contributed by atoms with van der Waals surface area (Å²) in [6.45, 7) is 6.79. The zero-order chi connectivity index (χ0) is 15.7. The summed E-state index contributed by atoms with van der Waals surface area (Å²) in [5.41, 5.74) is 0.0574. The molecule has 118 valence electrons. The van der Waals surface area contributed by atoms with Crippen LogP contribution in [0.1, 0.15) is 58.4 Å². The molecule has 2 unspecified atom stereocenters. The van der Waals surface area contributed by atoms with Crippen molar-refractivity contribution in [2.24, 2.45) is 11.3 Å². The van der Waals surface area contributed by atoms with Crippen LogP contribution in [0.3, 0.4) is 0 Å². The lowest BCUT2D eigenvalue weighted by Crippen LogP contribution is -2.31. The van der Waals surface area contributed by atoms with Crippen LogP contribution in [0.2, 0.25) is 5.02 Å². The average molecular weight is 313 g/mol. The molecule has 2 atom stereocenters. The van der Waals surface area contributed by atoms with Crippen LogP contribution in [0.25, 0.3) is 0 Å². The molecule has 21 heavy (non-hydrogen) atoms. The largest absolute Gasteiger partial charge is 0.390 e. The van der Waals surface area contributed by atoms with Gasteiger partial charge in [-0.15, -0.1) is 0 Å². The van der Waals surface area contributed by atoms with Crippen molar-refractivity contribution in [3.63, 3.8) is 0 Å². The molecule has 0 aromatic heterocycles. The summed E-state index contributed by atoms with van der Waals surface area (Å²) in [4.78, 5) is 0. The maximum Gasteiger partial charge on any atom is 0.127 e. The molecule has 1 aromatic carbocycles. The second kappa shape index (κ2) is 6.26. The maximum absolute atomic E-state index is 13.9. The number of rotatable bonds is 2. The van der Waals surface area contributed by atoms with Gasteiger partial charge in [0.15, 0.2) is 0 Å². The molecule has 1 aromatic rings. The molecule has 0 saturated heterocycles. The van der Waals surface area contributed by atoms with Crippen LogP contribution in [0.15, 0.2) is 18.2 Å². The van der Waals surface area contributed by atoms with E-state index in [1.54, 1.807) is 12.1 Å². The van der Waals surface area contributed by atoms with Crippen molar-refractivity contribution in [2.45, 2.75) is 64.9 Å².